The molecule has 2 rings (SSSR count). The summed E-state index contributed by atoms with van der Waals surface area (Å²) in [5, 5.41) is 6.72. The number of likely N-dealkylation sites (tertiary alicyclic amines) is 1. The Hall–Kier alpha value is -1.06. The zero-order valence-corrected chi connectivity index (χ0v) is 19.2. The predicted molar refractivity (Wildman–Crippen MR) is 122 cm³/mol. The SMILES string of the molecule is CCNC(=NCC(c1ccccc1OC)N1CCCC1)NCCCOC.I. The maximum atomic E-state index is 5.61. The van der Waals surface area contributed by atoms with Crippen molar-refractivity contribution >= 4 is 29.9 Å². The third-order valence-electron chi connectivity index (χ3n) is 4.66. The lowest BCUT2D eigenvalue weighted by molar-refractivity contribution is 0.195. The van der Waals surface area contributed by atoms with E-state index in [0.29, 0.717) is 6.54 Å². The molecule has 1 fully saturated rings. The number of nitrogens with zero attached hydrogens (tertiary/aromatic N) is 2. The van der Waals surface area contributed by atoms with Gasteiger partial charge < -0.3 is 20.1 Å². The molecular weight excluding hydrogens is 455 g/mol. The Labute approximate surface area is 181 Å². The number of aliphatic imine (C=N–C) groups is 1. The minimum Gasteiger partial charge on any atom is -0.496 e. The third-order valence-corrected chi connectivity index (χ3v) is 4.66. The smallest absolute Gasteiger partial charge is 0.191 e. The highest BCUT2D eigenvalue weighted by molar-refractivity contribution is 14.0. The summed E-state index contributed by atoms with van der Waals surface area (Å²) in [6, 6.07) is 8.54. The van der Waals surface area contributed by atoms with Gasteiger partial charge in [0.2, 0.25) is 0 Å². The predicted octanol–water partition coefficient (Wildman–Crippen LogP) is 3.04. The van der Waals surface area contributed by atoms with E-state index in [-0.39, 0.29) is 30.0 Å². The van der Waals surface area contributed by atoms with Crippen LogP contribution in [0.5, 0.6) is 5.75 Å². The number of methoxy groups -OCH3 is 2. The molecule has 154 valence electrons. The van der Waals surface area contributed by atoms with Gasteiger partial charge in [-0.05, 0) is 45.3 Å². The zero-order chi connectivity index (χ0) is 18.6. The molecule has 1 saturated heterocycles. The molecule has 2 N–H and O–H groups in total. The molecule has 0 aromatic heterocycles. The van der Waals surface area contributed by atoms with Crippen LogP contribution in [0.3, 0.4) is 0 Å². The number of hydrogen-bond donors (Lipinski definition) is 2. The van der Waals surface area contributed by atoms with Gasteiger partial charge in [-0.15, -0.1) is 24.0 Å². The first kappa shape index (κ1) is 24.0. The van der Waals surface area contributed by atoms with Crippen LogP contribution in [0.15, 0.2) is 29.3 Å². The lowest BCUT2D eigenvalue weighted by atomic mass is 10.0. The maximum absolute atomic E-state index is 5.61. The van der Waals surface area contributed by atoms with Crippen LogP contribution in [0.4, 0.5) is 0 Å². The van der Waals surface area contributed by atoms with Crippen molar-refractivity contribution in [3.63, 3.8) is 0 Å². The van der Waals surface area contributed by atoms with Crippen LogP contribution in [0.1, 0.15) is 37.8 Å². The molecule has 0 saturated carbocycles. The molecule has 1 aliphatic rings. The lowest BCUT2D eigenvalue weighted by Crippen LogP contribution is -2.39. The Kier molecular flexibility index (Phi) is 12.4. The minimum atomic E-state index is 0. The largest absolute Gasteiger partial charge is 0.496 e. The molecule has 0 aliphatic carbocycles. The van der Waals surface area contributed by atoms with Crippen molar-refractivity contribution in [1.82, 2.24) is 15.5 Å². The van der Waals surface area contributed by atoms with E-state index in [9.17, 15) is 0 Å². The Morgan fingerprint density at radius 2 is 1.93 bits per heavy atom. The lowest BCUT2D eigenvalue weighted by Gasteiger charge is -2.28. The van der Waals surface area contributed by atoms with Crippen molar-refractivity contribution in [2.75, 3.05) is 53.6 Å². The van der Waals surface area contributed by atoms with Crippen LogP contribution in [0.25, 0.3) is 0 Å². The monoisotopic (exact) mass is 490 g/mol. The van der Waals surface area contributed by atoms with Crippen molar-refractivity contribution in [2.45, 2.75) is 32.2 Å². The molecular formula is C20H35IN4O2. The van der Waals surface area contributed by atoms with Crippen molar-refractivity contribution in [3.05, 3.63) is 29.8 Å². The van der Waals surface area contributed by atoms with Gasteiger partial charge in [0.25, 0.3) is 0 Å². The van der Waals surface area contributed by atoms with Crippen LogP contribution in [-0.4, -0.2) is 64.4 Å². The van der Waals surface area contributed by atoms with E-state index in [2.05, 4.69) is 34.6 Å². The van der Waals surface area contributed by atoms with E-state index >= 15 is 0 Å². The van der Waals surface area contributed by atoms with E-state index < -0.39 is 0 Å². The summed E-state index contributed by atoms with van der Waals surface area (Å²) in [6.07, 6.45) is 3.47. The van der Waals surface area contributed by atoms with Gasteiger partial charge >= 0.3 is 0 Å². The summed E-state index contributed by atoms with van der Waals surface area (Å²) in [5.41, 5.74) is 1.22. The van der Waals surface area contributed by atoms with Crippen LogP contribution in [-0.2, 0) is 4.74 Å². The second-order valence-electron chi connectivity index (χ2n) is 6.49. The summed E-state index contributed by atoms with van der Waals surface area (Å²) in [6.45, 7) is 7.49. The van der Waals surface area contributed by atoms with Gasteiger partial charge in [-0.2, -0.15) is 0 Å². The molecule has 0 amide bonds. The van der Waals surface area contributed by atoms with Crippen LogP contribution in [0.2, 0.25) is 0 Å². The van der Waals surface area contributed by atoms with Gasteiger partial charge in [0, 0.05) is 32.4 Å². The molecule has 1 heterocycles. The first-order valence-electron chi connectivity index (χ1n) is 9.68. The topological polar surface area (TPSA) is 58.1 Å². The van der Waals surface area contributed by atoms with Crippen LogP contribution < -0.4 is 15.4 Å². The highest BCUT2D eigenvalue weighted by Gasteiger charge is 2.25. The summed E-state index contributed by atoms with van der Waals surface area (Å²) >= 11 is 0. The van der Waals surface area contributed by atoms with Crippen molar-refractivity contribution in [1.29, 1.82) is 0 Å². The molecule has 1 unspecified atom stereocenters. The standard InChI is InChI=1S/C20H34N4O2.HI/c1-4-21-20(22-12-9-15-25-2)23-16-18(24-13-7-8-14-24)17-10-5-6-11-19(17)26-3;/h5-6,10-11,18H,4,7-9,12-16H2,1-3H3,(H2,21,22,23);1H. The summed E-state index contributed by atoms with van der Waals surface area (Å²) in [4.78, 5) is 7.39. The highest BCUT2D eigenvalue weighted by Crippen LogP contribution is 2.31. The Bertz CT molecular complexity index is 551. The number of benzene rings is 1. The van der Waals surface area contributed by atoms with Crippen molar-refractivity contribution in [3.8, 4) is 5.75 Å². The third kappa shape index (κ3) is 7.83. The quantitative estimate of drug-likeness (QED) is 0.229. The van der Waals surface area contributed by atoms with E-state index in [0.717, 1.165) is 50.9 Å². The number of nitrogens with one attached hydrogen (secondary N) is 2. The number of hydrogen-bond acceptors (Lipinski definition) is 4. The van der Waals surface area contributed by atoms with Crippen molar-refractivity contribution < 1.29 is 9.47 Å². The Morgan fingerprint density at radius 1 is 1.19 bits per heavy atom. The molecule has 1 aliphatic heterocycles. The number of ether oxygens (including phenoxy) is 2. The molecule has 6 nitrogen and oxygen atoms in total. The number of guanidine groups is 1. The fourth-order valence-corrected chi connectivity index (χ4v) is 3.35. The molecule has 27 heavy (non-hydrogen) atoms. The highest BCUT2D eigenvalue weighted by atomic mass is 127. The van der Waals surface area contributed by atoms with Gasteiger partial charge in [-0.3, -0.25) is 9.89 Å². The van der Waals surface area contributed by atoms with Crippen LogP contribution >= 0.6 is 24.0 Å². The molecule has 0 radical (unpaired) electrons. The summed E-state index contributed by atoms with van der Waals surface area (Å²) in [5.74, 6) is 1.81. The van der Waals surface area contributed by atoms with E-state index in [1.54, 1.807) is 14.2 Å². The molecule has 1 aromatic carbocycles. The zero-order valence-electron chi connectivity index (χ0n) is 16.9. The van der Waals surface area contributed by atoms with E-state index in [4.69, 9.17) is 14.5 Å². The molecule has 1 atom stereocenters. The molecule has 0 bridgehead atoms. The van der Waals surface area contributed by atoms with Gasteiger partial charge in [0.05, 0.1) is 19.7 Å². The first-order chi connectivity index (χ1) is 12.8. The Morgan fingerprint density at radius 3 is 2.59 bits per heavy atom. The molecule has 0 spiro atoms. The molecule has 7 heteroatoms. The van der Waals surface area contributed by atoms with Gasteiger partial charge in [-0.1, -0.05) is 18.2 Å². The second-order valence-corrected chi connectivity index (χ2v) is 6.49. The molecule has 1 aromatic rings. The van der Waals surface area contributed by atoms with Gasteiger partial charge in [0.15, 0.2) is 5.96 Å². The van der Waals surface area contributed by atoms with Crippen LogP contribution in [0, 0.1) is 0 Å². The fraction of sp³-hybridized carbons (Fsp3) is 0.650. The Balaban J connectivity index is 0.00000364. The number of rotatable bonds is 10. The fourth-order valence-electron chi connectivity index (χ4n) is 3.35. The summed E-state index contributed by atoms with van der Waals surface area (Å²) in [7, 11) is 3.47. The first-order valence-corrected chi connectivity index (χ1v) is 9.68. The van der Waals surface area contributed by atoms with Gasteiger partial charge in [0.1, 0.15) is 5.75 Å². The number of halogens is 1. The normalized spacial score (nSPS) is 15.9. The maximum Gasteiger partial charge on any atom is 0.191 e. The second kappa shape index (κ2) is 14.0. The number of para-hydroxylation sites is 1. The average molecular weight is 490 g/mol. The summed E-state index contributed by atoms with van der Waals surface area (Å²) < 4.78 is 10.7. The van der Waals surface area contributed by atoms with E-state index in [1.807, 2.05) is 12.1 Å². The van der Waals surface area contributed by atoms with E-state index in [1.165, 1.54) is 18.4 Å². The van der Waals surface area contributed by atoms with Gasteiger partial charge in [-0.25, -0.2) is 0 Å². The average Bonchev–Trinajstić information content (AvgIpc) is 3.20. The van der Waals surface area contributed by atoms with Crippen molar-refractivity contribution in [2.24, 2.45) is 4.99 Å². The minimum absolute atomic E-state index is 0.